The van der Waals surface area contributed by atoms with Gasteiger partial charge in [-0.1, -0.05) is 42.8 Å². The molecule has 0 aliphatic heterocycles. The summed E-state index contributed by atoms with van der Waals surface area (Å²) < 4.78 is 6.63. The fourth-order valence-electron chi connectivity index (χ4n) is 1.46. The van der Waals surface area contributed by atoms with Crippen molar-refractivity contribution in [1.29, 1.82) is 0 Å². The third-order valence-electron chi connectivity index (χ3n) is 2.69. The lowest BCUT2D eigenvalue weighted by Gasteiger charge is -2.25. The summed E-state index contributed by atoms with van der Waals surface area (Å²) in [6.45, 7) is 6.79. The SMILES string of the molecule is CC(C)(C)C(O)CCCOc1cccc(Br)c1. The van der Waals surface area contributed by atoms with Crippen LogP contribution >= 0.6 is 15.9 Å². The topological polar surface area (TPSA) is 29.5 Å². The molecule has 1 unspecified atom stereocenters. The molecule has 96 valence electrons. The van der Waals surface area contributed by atoms with Crippen molar-refractivity contribution >= 4 is 15.9 Å². The highest BCUT2D eigenvalue weighted by molar-refractivity contribution is 9.10. The summed E-state index contributed by atoms with van der Waals surface area (Å²) in [7, 11) is 0. The van der Waals surface area contributed by atoms with Crippen LogP contribution in [0.25, 0.3) is 0 Å². The van der Waals surface area contributed by atoms with Gasteiger partial charge in [-0.3, -0.25) is 0 Å². The Hall–Kier alpha value is -0.540. The lowest BCUT2D eigenvalue weighted by Crippen LogP contribution is -2.26. The number of hydrogen-bond donors (Lipinski definition) is 1. The van der Waals surface area contributed by atoms with E-state index in [1.165, 1.54) is 0 Å². The Kier molecular flexibility index (Phi) is 5.47. The van der Waals surface area contributed by atoms with Crippen molar-refractivity contribution in [3.63, 3.8) is 0 Å². The summed E-state index contributed by atoms with van der Waals surface area (Å²) in [6, 6.07) is 7.80. The molecule has 1 aromatic carbocycles. The molecule has 3 heteroatoms. The zero-order valence-electron chi connectivity index (χ0n) is 10.7. The number of halogens is 1. The smallest absolute Gasteiger partial charge is 0.120 e. The van der Waals surface area contributed by atoms with Gasteiger partial charge in [-0.05, 0) is 36.5 Å². The fourth-order valence-corrected chi connectivity index (χ4v) is 1.83. The molecule has 0 radical (unpaired) electrons. The number of benzene rings is 1. The number of rotatable bonds is 5. The minimum absolute atomic E-state index is 0.0459. The third-order valence-corrected chi connectivity index (χ3v) is 3.18. The van der Waals surface area contributed by atoms with Gasteiger partial charge in [-0.15, -0.1) is 0 Å². The highest BCUT2D eigenvalue weighted by Crippen LogP contribution is 2.23. The third kappa shape index (κ3) is 5.55. The second-order valence-corrected chi connectivity index (χ2v) is 6.25. The second kappa shape index (κ2) is 6.41. The predicted molar refractivity (Wildman–Crippen MR) is 74.3 cm³/mol. The van der Waals surface area contributed by atoms with Crippen LogP contribution in [0.1, 0.15) is 33.6 Å². The number of ether oxygens (including phenoxy) is 1. The number of hydrogen-bond acceptors (Lipinski definition) is 2. The molecule has 1 aromatic rings. The monoisotopic (exact) mass is 300 g/mol. The quantitative estimate of drug-likeness (QED) is 0.833. The highest BCUT2D eigenvalue weighted by atomic mass is 79.9. The van der Waals surface area contributed by atoms with Gasteiger partial charge in [0.15, 0.2) is 0 Å². The number of aliphatic hydroxyl groups excluding tert-OH is 1. The summed E-state index contributed by atoms with van der Waals surface area (Å²) in [5, 5.41) is 9.86. The molecule has 0 saturated carbocycles. The first-order valence-corrected chi connectivity index (χ1v) is 6.75. The van der Waals surface area contributed by atoms with Crippen LogP contribution in [-0.2, 0) is 0 Å². The van der Waals surface area contributed by atoms with E-state index in [4.69, 9.17) is 4.74 Å². The summed E-state index contributed by atoms with van der Waals surface area (Å²) >= 11 is 3.40. The molecule has 0 aliphatic carbocycles. The van der Waals surface area contributed by atoms with E-state index in [-0.39, 0.29) is 11.5 Å². The Balaban J connectivity index is 2.25. The molecule has 0 amide bonds. The summed E-state index contributed by atoms with van der Waals surface area (Å²) in [5.41, 5.74) is -0.0459. The molecule has 2 nitrogen and oxygen atoms in total. The van der Waals surface area contributed by atoms with Gasteiger partial charge in [0.1, 0.15) is 5.75 Å². The molecule has 0 aromatic heterocycles. The van der Waals surface area contributed by atoms with Gasteiger partial charge in [-0.2, -0.15) is 0 Å². The van der Waals surface area contributed by atoms with Crippen molar-refractivity contribution in [2.24, 2.45) is 5.41 Å². The molecule has 1 rings (SSSR count). The van der Waals surface area contributed by atoms with Gasteiger partial charge in [0.25, 0.3) is 0 Å². The summed E-state index contributed by atoms with van der Waals surface area (Å²) in [6.07, 6.45) is 1.37. The second-order valence-electron chi connectivity index (χ2n) is 5.33. The van der Waals surface area contributed by atoms with Gasteiger partial charge < -0.3 is 9.84 Å². The molecule has 1 N–H and O–H groups in total. The minimum Gasteiger partial charge on any atom is -0.494 e. The largest absolute Gasteiger partial charge is 0.494 e. The zero-order chi connectivity index (χ0) is 12.9. The normalized spacial score (nSPS) is 13.5. The Morgan fingerprint density at radius 1 is 1.35 bits per heavy atom. The van der Waals surface area contributed by atoms with Crippen molar-refractivity contribution in [3.05, 3.63) is 28.7 Å². The Morgan fingerprint density at radius 2 is 2.06 bits per heavy atom. The van der Waals surface area contributed by atoms with Crippen LogP contribution in [0.4, 0.5) is 0 Å². The van der Waals surface area contributed by atoms with Crippen LogP contribution in [0, 0.1) is 5.41 Å². The van der Waals surface area contributed by atoms with Crippen molar-refractivity contribution < 1.29 is 9.84 Å². The van der Waals surface area contributed by atoms with E-state index in [9.17, 15) is 5.11 Å². The molecule has 0 heterocycles. The number of aliphatic hydroxyl groups is 1. The van der Waals surface area contributed by atoms with Gasteiger partial charge in [0, 0.05) is 4.47 Å². The first-order valence-electron chi connectivity index (χ1n) is 5.96. The maximum absolute atomic E-state index is 9.86. The van der Waals surface area contributed by atoms with Gasteiger partial charge in [0.2, 0.25) is 0 Å². The Labute approximate surface area is 112 Å². The minimum atomic E-state index is -0.270. The molecule has 17 heavy (non-hydrogen) atoms. The standard InChI is InChI=1S/C14H21BrO2/c1-14(2,3)13(16)8-5-9-17-12-7-4-6-11(15)10-12/h4,6-7,10,13,16H,5,8-9H2,1-3H3. The van der Waals surface area contributed by atoms with E-state index in [1.54, 1.807) is 0 Å². The van der Waals surface area contributed by atoms with Gasteiger partial charge in [0.05, 0.1) is 12.7 Å². The van der Waals surface area contributed by atoms with Crippen LogP contribution < -0.4 is 4.74 Å². The van der Waals surface area contributed by atoms with Crippen LogP contribution in [0.15, 0.2) is 28.7 Å². The van der Waals surface area contributed by atoms with Crippen LogP contribution in [-0.4, -0.2) is 17.8 Å². The van der Waals surface area contributed by atoms with E-state index in [1.807, 2.05) is 45.0 Å². The molecule has 0 bridgehead atoms. The summed E-state index contributed by atoms with van der Waals surface area (Å²) in [4.78, 5) is 0. The average Bonchev–Trinajstić information content (AvgIpc) is 2.23. The van der Waals surface area contributed by atoms with E-state index < -0.39 is 0 Å². The van der Waals surface area contributed by atoms with Crippen LogP contribution in [0.2, 0.25) is 0 Å². The van der Waals surface area contributed by atoms with Gasteiger partial charge >= 0.3 is 0 Å². The van der Waals surface area contributed by atoms with Crippen LogP contribution in [0.3, 0.4) is 0 Å². The van der Waals surface area contributed by atoms with E-state index in [2.05, 4.69) is 15.9 Å². The van der Waals surface area contributed by atoms with Crippen molar-refractivity contribution in [1.82, 2.24) is 0 Å². The predicted octanol–water partition coefficient (Wildman–Crippen LogP) is 4.02. The van der Waals surface area contributed by atoms with Crippen LogP contribution in [0.5, 0.6) is 5.75 Å². The maximum Gasteiger partial charge on any atom is 0.120 e. The van der Waals surface area contributed by atoms with E-state index >= 15 is 0 Å². The Bertz CT molecular complexity index is 344. The molecule has 0 spiro atoms. The van der Waals surface area contributed by atoms with E-state index in [0.29, 0.717) is 6.61 Å². The molecular formula is C14H21BrO2. The molecular weight excluding hydrogens is 280 g/mol. The fraction of sp³-hybridized carbons (Fsp3) is 0.571. The molecule has 0 fully saturated rings. The summed E-state index contributed by atoms with van der Waals surface area (Å²) in [5.74, 6) is 0.865. The lowest BCUT2D eigenvalue weighted by molar-refractivity contribution is 0.0505. The maximum atomic E-state index is 9.86. The zero-order valence-corrected chi connectivity index (χ0v) is 12.3. The van der Waals surface area contributed by atoms with Gasteiger partial charge in [-0.25, -0.2) is 0 Å². The molecule has 0 aliphatic rings. The molecule has 1 atom stereocenters. The first kappa shape index (κ1) is 14.5. The Morgan fingerprint density at radius 3 is 2.65 bits per heavy atom. The lowest BCUT2D eigenvalue weighted by atomic mass is 9.87. The van der Waals surface area contributed by atoms with Crippen molar-refractivity contribution in [3.8, 4) is 5.75 Å². The first-order chi connectivity index (χ1) is 7.89. The van der Waals surface area contributed by atoms with Crippen molar-refractivity contribution in [2.45, 2.75) is 39.7 Å². The van der Waals surface area contributed by atoms with E-state index in [0.717, 1.165) is 23.1 Å². The average molecular weight is 301 g/mol. The van der Waals surface area contributed by atoms with Crippen molar-refractivity contribution in [2.75, 3.05) is 6.61 Å². The highest BCUT2D eigenvalue weighted by Gasteiger charge is 2.21. The molecule has 0 saturated heterocycles.